The molecule has 1 aromatic heterocycles. The molecule has 2 fully saturated rings. The number of carbonyl (C=O) groups is 1. The Labute approximate surface area is 161 Å². The standard InChI is InChI=1S/C18H29N3O5S/c1-4-20(5-2)27(23,24)14-12-16(19(3)13-14)17(22)21-9-7-6-8-15(21)18-25-10-11-26-18/h12-13,15,18H,4-11H2,1-3H3. The number of hydrogen-bond acceptors (Lipinski definition) is 5. The summed E-state index contributed by atoms with van der Waals surface area (Å²) in [5, 5.41) is 0. The van der Waals surface area contributed by atoms with E-state index in [1.54, 1.807) is 30.4 Å². The number of hydrogen-bond donors (Lipinski definition) is 0. The van der Waals surface area contributed by atoms with Crippen LogP contribution in [0.2, 0.25) is 0 Å². The minimum absolute atomic E-state index is 0.133. The molecule has 1 atom stereocenters. The molecule has 1 aromatic rings. The Hall–Kier alpha value is -1.42. The molecule has 9 heteroatoms. The molecule has 0 radical (unpaired) electrons. The van der Waals surface area contributed by atoms with Crippen LogP contribution in [0.15, 0.2) is 17.2 Å². The minimum Gasteiger partial charge on any atom is -0.348 e. The summed E-state index contributed by atoms with van der Waals surface area (Å²) in [5.41, 5.74) is 0.366. The predicted octanol–water partition coefficient (Wildman–Crippen LogP) is 1.42. The van der Waals surface area contributed by atoms with Crippen LogP contribution in [-0.4, -0.2) is 73.3 Å². The summed E-state index contributed by atoms with van der Waals surface area (Å²) in [6.45, 7) is 6.09. The topological polar surface area (TPSA) is 81.1 Å². The van der Waals surface area contributed by atoms with Crippen LogP contribution in [0.3, 0.4) is 0 Å². The Morgan fingerprint density at radius 1 is 1.22 bits per heavy atom. The van der Waals surface area contributed by atoms with E-state index >= 15 is 0 Å². The van der Waals surface area contributed by atoms with Gasteiger partial charge in [-0.25, -0.2) is 8.42 Å². The monoisotopic (exact) mass is 399 g/mol. The maximum atomic E-state index is 13.2. The zero-order valence-corrected chi connectivity index (χ0v) is 17.1. The largest absolute Gasteiger partial charge is 0.348 e. The lowest BCUT2D eigenvalue weighted by molar-refractivity contribution is -0.100. The number of piperidine rings is 1. The smallest absolute Gasteiger partial charge is 0.270 e. The Balaban J connectivity index is 1.87. The first-order valence-electron chi connectivity index (χ1n) is 9.60. The molecule has 0 aromatic carbocycles. The number of likely N-dealkylation sites (tertiary alicyclic amines) is 1. The molecular formula is C18H29N3O5S. The van der Waals surface area contributed by atoms with Crippen molar-refractivity contribution in [1.29, 1.82) is 0 Å². The number of ether oxygens (including phenoxy) is 2. The van der Waals surface area contributed by atoms with E-state index in [1.165, 1.54) is 16.6 Å². The van der Waals surface area contributed by atoms with Gasteiger partial charge in [0.1, 0.15) is 10.6 Å². The molecule has 3 heterocycles. The highest BCUT2D eigenvalue weighted by atomic mass is 32.2. The van der Waals surface area contributed by atoms with Gasteiger partial charge in [-0.05, 0) is 25.3 Å². The predicted molar refractivity (Wildman–Crippen MR) is 99.9 cm³/mol. The minimum atomic E-state index is -3.60. The summed E-state index contributed by atoms with van der Waals surface area (Å²) in [5.74, 6) is -0.178. The summed E-state index contributed by atoms with van der Waals surface area (Å²) in [6.07, 6.45) is 3.89. The van der Waals surface area contributed by atoms with E-state index in [0.29, 0.717) is 38.5 Å². The highest BCUT2D eigenvalue weighted by Crippen LogP contribution is 2.27. The summed E-state index contributed by atoms with van der Waals surface area (Å²) in [7, 11) is -1.90. The van der Waals surface area contributed by atoms with Crippen LogP contribution in [0.1, 0.15) is 43.6 Å². The molecule has 0 bridgehead atoms. The van der Waals surface area contributed by atoms with Crippen LogP contribution in [0.25, 0.3) is 0 Å². The van der Waals surface area contributed by atoms with Crippen LogP contribution in [0.5, 0.6) is 0 Å². The number of nitrogens with zero attached hydrogens (tertiary/aromatic N) is 3. The second-order valence-corrected chi connectivity index (χ2v) is 8.87. The van der Waals surface area contributed by atoms with Crippen molar-refractivity contribution in [2.24, 2.45) is 7.05 Å². The molecule has 0 spiro atoms. The summed E-state index contributed by atoms with van der Waals surface area (Å²) in [6, 6.07) is 1.35. The van der Waals surface area contributed by atoms with Gasteiger partial charge in [0.2, 0.25) is 10.0 Å². The van der Waals surface area contributed by atoms with Crippen LogP contribution in [0.4, 0.5) is 0 Å². The average Bonchev–Trinajstić information content (AvgIpc) is 3.32. The van der Waals surface area contributed by atoms with Crippen molar-refractivity contribution in [3.05, 3.63) is 18.0 Å². The van der Waals surface area contributed by atoms with Gasteiger partial charge >= 0.3 is 0 Å². The van der Waals surface area contributed by atoms with E-state index in [0.717, 1.165) is 19.3 Å². The number of carbonyl (C=O) groups excluding carboxylic acids is 1. The number of sulfonamides is 1. The highest BCUT2D eigenvalue weighted by Gasteiger charge is 2.37. The fourth-order valence-electron chi connectivity index (χ4n) is 3.84. The lowest BCUT2D eigenvalue weighted by atomic mass is 10.0. The molecule has 1 amide bonds. The van der Waals surface area contributed by atoms with Gasteiger partial charge < -0.3 is 18.9 Å². The van der Waals surface area contributed by atoms with Crippen molar-refractivity contribution in [2.45, 2.75) is 50.3 Å². The van der Waals surface area contributed by atoms with E-state index < -0.39 is 16.3 Å². The first-order valence-corrected chi connectivity index (χ1v) is 11.0. The first kappa shape index (κ1) is 20.3. The normalized spacial score (nSPS) is 21.9. The van der Waals surface area contributed by atoms with Crippen LogP contribution in [-0.2, 0) is 26.5 Å². The van der Waals surface area contributed by atoms with E-state index in [4.69, 9.17) is 9.47 Å². The molecule has 0 N–H and O–H groups in total. The van der Waals surface area contributed by atoms with E-state index in [2.05, 4.69) is 0 Å². The van der Waals surface area contributed by atoms with Gasteiger partial charge in [-0.2, -0.15) is 4.31 Å². The van der Waals surface area contributed by atoms with E-state index in [1.807, 2.05) is 0 Å². The van der Waals surface area contributed by atoms with Gasteiger partial charge in [0.05, 0.1) is 19.3 Å². The summed E-state index contributed by atoms with van der Waals surface area (Å²) in [4.78, 5) is 15.2. The second kappa shape index (κ2) is 8.30. The fraction of sp³-hybridized carbons (Fsp3) is 0.722. The van der Waals surface area contributed by atoms with Gasteiger partial charge in [-0.1, -0.05) is 13.8 Å². The zero-order chi connectivity index (χ0) is 19.6. The van der Waals surface area contributed by atoms with Gasteiger partial charge in [-0.15, -0.1) is 0 Å². The number of aryl methyl sites for hydroxylation is 1. The molecule has 152 valence electrons. The fourth-order valence-corrected chi connectivity index (χ4v) is 5.37. The molecule has 8 nitrogen and oxygen atoms in total. The van der Waals surface area contributed by atoms with Crippen LogP contribution < -0.4 is 0 Å². The van der Waals surface area contributed by atoms with Crippen molar-refractivity contribution in [2.75, 3.05) is 32.8 Å². The van der Waals surface area contributed by atoms with Crippen molar-refractivity contribution < 1.29 is 22.7 Å². The number of amides is 1. The van der Waals surface area contributed by atoms with Crippen LogP contribution >= 0.6 is 0 Å². The Morgan fingerprint density at radius 3 is 2.52 bits per heavy atom. The quantitative estimate of drug-likeness (QED) is 0.723. The maximum absolute atomic E-state index is 13.2. The van der Waals surface area contributed by atoms with Crippen molar-refractivity contribution in [3.63, 3.8) is 0 Å². The van der Waals surface area contributed by atoms with E-state index in [-0.39, 0.29) is 16.8 Å². The number of aromatic nitrogens is 1. The molecule has 1 unspecified atom stereocenters. The third-order valence-corrected chi connectivity index (χ3v) is 7.33. The molecule has 0 aliphatic carbocycles. The highest BCUT2D eigenvalue weighted by molar-refractivity contribution is 7.89. The Bertz CT molecular complexity index is 766. The summed E-state index contributed by atoms with van der Waals surface area (Å²) >= 11 is 0. The third-order valence-electron chi connectivity index (χ3n) is 5.31. The van der Waals surface area contributed by atoms with Gasteiger partial charge in [0.15, 0.2) is 6.29 Å². The van der Waals surface area contributed by atoms with E-state index in [9.17, 15) is 13.2 Å². The molecule has 2 saturated heterocycles. The second-order valence-electron chi connectivity index (χ2n) is 6.93. The SMILES string of the molecule is CCN(CC)S(=O)(=O)c1cc(C(=O)N2CCCCC2C2OCCO2)n(C)c1. The molecular weight excluding hydrogens is 370 g/mol. The van der Waals surface area contributed by atoms with Gasteiger partial charge in [0, 0.05) is 32.9 Å². The lowest BCUT2D eigenvalue weighted by Gasteiger charge is -2.38. The maximum Gasteiger partial charge on any atom is 0.270 e. The van der Waals surface area contributed by atoms with Crippen LogP contribution in [0, 0.1) is 0 Å². The molecule has 0 saturated carbocycles. The third kappa shape index (κ3) is 3.91. The van der Waals surface area contributed by atoms with Crippen molar-refractivity contribution >= 4 is 15.9 Å². The first-order chi connectivity index (χ1) is 12.9. The lowest BCUT2D eigenvalue weighted by Crippen LogP contribution is -2.50. The number of rotatable bonds is 6. The van der Waals surface area contributed by atoms with Crippen molar-refractivity contribution in [1.82, 2.24) is 13.8 Å². The Morgan fingerprint density at radius 2 is 1.89 bits per heavy atom. The average molecular weight is 400 g/mol. The van der Waals surface area contributed by atoms with Crippen molar-refractivity contribution in [3.8, 4) is 0 Å². The molecule has 3 rings (SSSR count). The molecule has 2 aliphatic heterocycles. The van der Waals surface area contributed by atoms with Gasteiger partial charge in [-0.3, -0.25) is 4.79 Å². The molecule has 27 heavy (non-hydrogen) atoms. The van der Waals surface area contributed by atoms with Gasteiger partial charge in [0.25, 0.3) is 5.91 Å². The summed E-state index contributed by atoms with van der Waals surface area (Å²) < 4.78 is 39.8. The molecule has 2 aliphatic rings. The zero-order valence-electron chi connectivity index (χ0n) is 16.3. The Kier molecular flexibility index (Phi) is 6.25.